The largest absolute Gasteiger partial charge is 0.236 e. The van der Waals surface area contributed by atoms with Gasteiger partial charge in [-0.25, -0.2) is 9.78 Å². The third-order valence-electron chi connectivity index (χ3n) is 1.32. The van der Waals surface area contributed by atoms with Crippen molar-refractivity contribution in [3.8, 4) is 0 Å². The van der Waals surface area contributed by atoms with Crippen LogP contribution in [0.15, 0.2) is 12.7 Å². The fourth-order valence-electron chi connectivity index (χ4n) is 0.378. The van der Waals surface area contributed by atoms with Crippen molar-refractivity contribution in [2.24, 2.45) is 5.92 Å². The van der Waals surface area contributed by atoms with Gasteiger partial charge in [0.05, 0.1) is 6.61 Å². The molecule has 2 nitrogen and oxygen atoms in total. The van der Waals surface area contributed by atoms with Crippen LogP contribution in [-0.4, -0.2) is 13.2 Å². The Morgan fingerprint density at radius 1 is 1.33 bits per heavy atom. The van der Waals surface area contributed by atoms with Crippen LogP contribution >= 0.6 is 0 Å². The van der Waals surface area contributed by atoms with Crippen LogP contribution in [-0.2, 0) is 9.78 Å². The minimum atomic E-state index is 0.469. The van der Waals surface area contributed by atoms with E-state index in [1.165, 1.54) is 0 Å². The summed E-state index contributed by atoms with van der Waals surface area (Å²) >= 11 is 0. The first-order valence-corrected chi connectivity index (χ1v) is 4.66. The van der Waals surface area contributed by atoms with E-state index in [0.29, 0.717) is 19.1 Å². The van der Waals surface area contributed by atoms with Crippen molar-refractivity contribution >= 4 is 0 Å². The molecule has 1 unspecified atom stereocenters. The number of hydrogen-bond acceptors (Lipinski definition) is 2. The molecule has 0 saturated carbocycles. The van der Waals surface area contributed by atoms with Gasteiger partial charge in [0.15, 0.2) is 0 Å². The Bertz CT molecular complexity index is 81.9. The van der Waals surface area contributed by atoms with Crippen LogP contribution in [0.4, 0.5) is 0 Å². The van der Waals surface area contributed by atoms with Gasteiger partial charge in [0.25, 0.3) is 0 Å². The Morgan fingerprint density at radius 3 is 2.33 bits per heavy atom. The Hall–Kier alpha value is -0.340. The highest BCUT2D eigenvalue weighted by Crippen LogP contribution is 2.00. The summed E-state index contributed by atoms with van der Waals surface area (Å²) in [4.78, 5) is 9.59. The molecule has 0 heterocycles. The monoisotopic (exact) mass is 174 g/mol. The molecule has 0 fully saturated rings. The van der Waals surface area contributed by atoms with E-state index in [-0.39, 0.29) is 0 Å². The quantitative estimate of drug-likeness (QED) is 0.266. The highest BCUT2D eigenvalue weighted by Gasteiger charge is 1.97. The summed E-state index contributed by atoms with van der Waals surface area (Å²) in [5.74, 6) is 0.574. The van der Waals surface area contributed by atoms with E-state index in [4.69, 9.17) is 9.78 Å². The maximum Gasteiger partial charge on any atom is 0.100 e. The van der Waals surface area contributed by atoms with Crippen molar-refractivity contribution in [2.75, 3.05) is 13.2 Å². The molecule has 0 aromatic rings. The van der Waals surface area contributed by atoms with Gasteiger partial charge < -0.3 is 0 Å². The zero-order valence-electron chi connectivity index (χ0n) is 8.80. The summed E-state index contributed by atoms with van der Waals surface area (Å²) in [7, 11) is 0. The molecule has 2 heteroatoms. The number of rotatable bonds is 6. The normalized spacial score (nSPS) is 11.3. The lowest BCUT2D eigenvalue weighted by Crippen LogP contribution is -2.05. The van der Waals surface area contributed by atoms with Crippen molar-refractivity contribution in [1.82, 2.24) is 0 Å². The smallest absolute Gasteiger partial charge is 0.100 e. The third-order valence-corrected chi connectivity index (χ3v) is 1.32. The molecule has 0 bridgehead atoms. The van der Waals surface area contributed by atoms with E-state index in [2.05, 4.69) is 20.4 Å². The van der Waals surface area contributed by atoms with Crippen molar-refractivity contribution < 1.29 is 9.78 Å². The van der Waals surface area contributed by atoms with E-state index in [0.717, 1.165) is 6.42 Å². The molecule has 0 aromatic heterocycles. The average molecular weight is 174 g/mol. The lowest BCUT2D eigenvalue weighted by atomic mass is 10.1. The molecule has 74 valence electrons. The van der Waals surface area contributed by atoms with Gasteiger partial charge in [0, 0.05) is 0 Å². The topological polar surface area (TPSA) is 18.5 Å². The summed E-state index contributed by atoms with van der Waals surface area (Å²) < 4.78 is 0. The Kier molecular flexibility index (Phi) is 15.7. The molecule has 0 spiro atoms. The predicted octanol–water partition coefficient (Wildman–Crippen LogP) is 3.19. The van der Waals surface area contributed by atoms with Crippen LogP contribution in [0.25, 0.3) is 0 Å². The van der Waals surface area contributed by atoms with Crippen LogP contribution in [0.1, 0.15) is 34.1 Å². The van der Waals surface area contributed by atoms with E-state index in [1.54, 1.807) is 6.08 Å². The van der Waals surface area contributed by atoms with Crippen LogP contribution in [0.5, 0.6) is 0 Å². The summed E-state index contributed by atoms with van der Waals surface area (Å²) in [5.41, 5.74) is 0. The van der Waals surface area contributed by atoms with E-state index in [9.17, 15) is 0 Å². The van der Waals surface area contributed by atoms with E-state index < -0.39 is 0 Å². The van der Waals surface area contributed by atoms with Crippen molar-refractivity contribution in [2.45, 2.75) is 34.1 Å². The third kappa shape index (κ3) is 12.3. The maximum absolute atomic E-state index is 4.86. The minimum Gasteiger partial charge on any atom is -0.236 e. The SMILES string of the molecule is C=CCOOCC(C)CC.CC. The average Bonchev–Trinajstić information content (AvgIpc) is 2.15. The molecule has 0 aromatic carbocycles. The van der Waals surface area contributed by atoms with Gasteiger partial charge in [-0.1, -0.05) is 40.2 Å². The van der Waals surface area contributed by atoms with Gasteiger partial charge >= 0.3 is 0 Å². The van der Waals surface area contributed by atoms with E-state index in [1.807, 2.05) is 13.8 Å². The molecule has 0 saturated heterocycles. The molecular weight excluding hydrogens is 152 g/mol. The van der Waals surface area contributed by atoms with Crippen molar-refractivity contribution in [3.63, 3.8) is 0 Å². The Morgan fingerprint density at radius 2 is 1.92 bits per heavy atom. The molecule has 0 N–H and O–H groups in total. The lowest BCUT2D eigenvalue weighted by Gasteiger charge is -2.06. The van der Waals surface area contributed by atoms with Gasteiger partial charge in [-0.2, -0.15) is 0 Å². The van der Waals surface area contributed by atoms with E-state index >= 15 is 0 Å². The first-order valence-electron chi connectivity index (χ1n) is 4.66. The van der Waals surface area contributed by atoms with Crippen molar-refractivity contribution in [3.05, 3.63) is 12.7 Å². The molecular formula is C10H22O2. The fraction of sp³-hybridized carbons (Fsp3) is 0.800. The first-order chi connectivity index (χ1) is 5.81. The fourth-order valence-corrected chi connectivity index (χ4v) is 0.378. The second kappa shape index (κ2) is 13.3. The molecule has 0 aliphatic rings. The maximum atomic E-state index is 4.86. The molecule has 0 aliphatic heterocycles. The molecule has 0 radical (unpaired) electrons. The molecule has 12 heavy (non-hydrogen) atoms. The van der Waals surface area contributed by atoms with Crippen LogP contribution < -0.4 is 0 Å². The summed E-state index contributed by atoms with van der Waals surface area (Å²) in [6, 6.07) is 0. The number of hydrogen-bond donors (Lipinski definition) is 0. The van der Waals surface area contributed by atoms with Crippen LogP contribution in [0.3, 0.4) is 0 Å². The summed E-state index contributed by atoms with van der Waals surface area (Å²) in [6.07, 6.45) is 2.79. The Balaban J connectivity index is 0. The first kappa shape index (κ1) is 14.2. The Labute approximate surface area is 76.5 Å². The minimum absolute atomic E-state index is 0.469. The zero-order chi connectivity index (χ0) is 9.82. The molecule has 1 atom stereocenters. The van der Waals surface area contributed by atoms with Gasteiger partial charge in [-0.15, -0.1) is 6.58 Å². The van der Waals surface area contributed by atoms with Gasteiger partial charge in [0.2, 0.25) is 0 Å². The predicted molar refractivity (Wildman–Crippen MR) is 52.9 cm³/mol. The van der Waals surface area contributed by atoms with Crippen LogP contribution in [0.2, 0.25) is 0 Å². The lowest BCUT2D eigenvalue weighted by molar-refractivity contribution is -0.292. The second-order valence-electron chi connectivity index (χ2n) is 2.37. The molecule has 0 aliphatic carbocycles. The van der Waals surface area contributed by atoms with Gasteiger partial charge in [-0.05, 0) is 5.92 Å². The zero-order valence-corrected chi connectivity index (χ0v) is 8.80. The highest BCUT2D eigenvalue weighted by molar-refractivity contribution is 4.62. The highest BCUT2D eigenvalue weighted by atomic mass is 17.2. The second-order valence-corrected chi connectivity index (χ2v) is 2.37. The van der Waals surface area contributed by atoms with Crippen molar-refractivity contribution in [1.29, 1.82) is 0 Å². The van der Waals surface area contributed by atoms with Crippen LogP contribution in [0, 0.1) is 5.92 Å². The summed E-state index contributed by atoms with van der Waals surface area (Å²) in [6.45, 7) is 12.9. The van der Waals surface area contributed by atoms with Gasteiger partial charge in [-0.3, -0.25) is 0 Å². The summed E-state index contributed by atoms with van der Waals surface area (Å²) in [5, 5.41) is 0. The molecule has 0 amide bonds. The standard InChI is InChI=1S/C8H16O2.C2H6/c1-4-6-9-10-7-8(3)5-2;1-2/h4,8H,1,5-7H2,2-3H3;1-2H3. The van der Waals surface area contributed by atoms with Gasteiger partial charge in [0.1, 0.15) is 6.61 Å². The molecule has 0 rings (SSSR count).